The van der Waals surface area contributed by atoms with Crippen LogP contribution in [0.2, 0.25) is 0 Å². The topological polar surface area (TPSA) is 65.5 Å². The van der Waals surface area contributed by atoms with E-state index in [1.807, 2.05) is 31.2 Å². The molecule has 1 amide bonds. The number of nitrogens with zero attached hydrogens (tertiary/aromatic N) is 1. The smallest absolute Gasteiger partial charge is 0.224 e. The highest BCUT2D eigenvalue weighted by atomic mass is 16.1. The van der Waals surface area contributed by atoms with Crippen LogP contribution >= 0.6 is 0 Å². The Labute approximate surface area is 145 Å². The fourth-order valence-electron chi connectivity index (χ4n) is 2.95. The predicted molar refractivity (Wildman–Crippen MR) is 100 cm³/mol. The van der Waals surface area contributed by atoms with E-state index in [4.69, 9.17) is 0 Å². The molecule has 24 heavy (non-hydrogen) atoms. The molecule has 0 aromatic heterocycles. The highest BCUT2D eigenvalue weighted by Crippen LogP contribution is 2.17. The van der Waals surface area contributed by atoms with Crippen molar-refractivity contribution in [1.82, 2.24) is 10.6 Å². The van der Waals surface area contributed by atoms with Crippen molar-refractivity contribution in [2.24, 2.45) is 4.99 Å². The van der Waals surface area contributed by atoms with E-state index in [2.05, 4.69) is 27.9 Å². The van der Waals surface area contributed by atoms with Crippen molar-refractivity contribution in [2.75, 3.05) is 11.9 Å². The van der Waals surface area contributed by atoms with Crippen LogP contribution in [-0.4, -0.2) is 24.5 Å². The molecule has 0 saturated heterocycles. The van der Waals surface area contributed by atoms with Crippen molar-refractivity contribution in [3.63, 3.8) is 0 Å². The molecule has 0 radical (unpaired) electrons. The van der Waals surface area contributed by atoms with Gasteiger partial charge in [-0.3, -0.25) is 4.79 Å². The fraction of sp³-hybridized carbons (Fsp3) is 0.579. The average Bonchev–Trinajstić information content (AvgIpc) is 3.06. The fourth-order valence-corrected chi connectivity index (χ4v) is 2.95. The number of nitrogens with one attached hydrogen (secondary N) is 3. The van der Waals surface area contributed by atoms with Crippen molar-refractivity contribution in [3.05, 3.63) is 29.8 Å². The lowest BCUT2D eigenvalue weighted by Crippen LogP contribution is -2.42. The van der Waals surface area contributed by atoms with Crippen LogP contribution in [0, 0.1) is 0 Å². The first-order chi connectivity index (χ1) is 11.7. The molecule has 0 bridgehead atoms. The molecule has 5 heteroatoms. The second-order valence-electron chi connectivity index (χ2n) is 6.32. The van der Waals surface area contributed by atoms with Gasteiger partial charge in [0.25, 0.3) is 0 Å². The van der Waals surface area contributed by atoms with Gasteiger partial charge in [0, 0.05) is 24.7 Å². The molecule has 1 fully saturated rings. The number of rotatable bonds is 7. The largest absolute Gasteiger partial charge is 0.357 e. The number of benzene rings is 1. The standard InChI is InChI=1S/C19H30N4O/c1-3-8-18(24)22-17-12-7-9-15(13-17)14-21-19(20-4-2)23-16-10-5-6-11-16/h7,9,12-13,16H,3-6,8,10-11,14H2,1-2H3,(H,22,24)(H2,20,21,23). The number of aliphatic imine (C=N–C) groups is 1. The van der Waals surface area contributed by atoms with E-state index in [9.17, 15) is 4.79 Å². The number of carbonyl (C=O) groups is 1. The number of amides is 1. The Balaban J connectivity index is 1.95. The van der Waals surface area contributed by atoms with E-state index in [0.717, 1.165) is 30.2 Å². The van der Waals surface area contributed by atoms with E-state index in [0.29, 0.717) is 19.0 Å². The van der Waals surface area contributed by atoms with Gasteiger partial charge in [0.15, 0.2) is 5.96 Å². The molecular weight excluding hydrogens is 300 g/mol. The third-order valence-electron chi connectivity index (χ3n) is 4.15. The number of hydrogen-bond donors (Lipinski definition) is 3. The zero-order chi connectivity index (χ0) is 17.2. The third kappa shape index (κ3) is 6.22. The van der Waals surface area contributed by atoms with Crippen LogP contribution < -0.4 is 16.0 Å². The number of guanidine groups is 1. The molecule has 132 valence electrons. The molecule has 0 unspecified atom stereocenters. The van der Waals surface area contributed by atoms with E-state index < -0.39 is 0 Å². The van der Waals surface area contributed by atoms with Crippen LogP contribution in [0.5, 0.6) is 0 Å². The van der Waals surface area contributed by atoms with Crippen LogP contribution in [-0.2, 0) is 11.3 Å². The highest BCUT2D eigenvalue weighted by Gasteiger charge is 2.15. The van der Waals surface area contributed by atoms with Gasteiger partial charge in [-0.05, 0) is 43.9 Å². The van der Waals surface area contributed by atoms with Gasteiger partial charge >= 0.3 is 0 Å². The maximum absolute atomic E-state index is 11.7. The molecular formula is C19H30N4O. The van der Waals surface area contributed by atoms with Gasteiger partial charge in [0.05, 0.1) is 6.54 Å². The molecule has 1 aliphatic carbocycles. The van der Waals surface area contributed by atoms with Crippen LogP contribution in [0.1, 0.15) is 57.9 Å². The van der Waals surface area contributed by atoms with Crippen LogP contribution in [0.15, 0.2) is 29.3 Å². The first kappa shape index (κ1) is 18.3. The molecule has 1 saturated carbocycles. The van der Waals surface area contributed by atoms with Crippen LogP contribution in [0.3, 0.4) is 0 Å². The summed E-state index contributed by atoms with van der Waals surface area (Å²) in [6.07, 6.45) is 6.47. The molecule has 0 aliphatic heterocycles. The summed E-state index contributed by atoms with van der Waals surface area (Å²) < 4.78 is 0. The van der Waals surface area contributed by atoms with Gasteiger partial charge in [0.1, 0.15) is 0 Å². The SMILES string of the molecule is CCCC(=O)Nc1cccc(CN=C(NCC)NC2CCCC2)c1. The van der Waals surface area contributed by atoms with E-state index >= 15 is 0 Å². The minimum atomic E-state index is 0.0643. The molecule has 1 aliphatic rings. The summed E-state index contributed by atoms with van der Waals surface area (Å²) in [5.74, 6) is 0.944. The minimum Gasteiger partial charge on any atom is -0.357 e. The van der Waals surface area contributed by atoms with Gasteiger partial charge in [-0.25, -0.2) is 4.99 Å². The first-order valence-corrected chi connectivity index (χ1v) is 9.15. The van der Waals surface area contributed by atoms with Crippen LogP contribution in [0.25, 0.3) is 0 Å². The van der Waals surface area contributed by atoms with Crippen molar-refractivity contribution < 1.29 is 4.79 Å². The lowest BCUT2D eigenvalue weighted by molar-refractivity contribution is -0.116. The summed E-state index contributed by atoms with van der Waals surface area (Å²) in [4.78, 5) is 16.4. The zero-order valence-electron chi connectivity index (χ0n) is 14.9. The van der Waals surface area contributed by atoms with Crippen molar-refractivity contribution >= 4 is 17.6 Å². The van der Waals surface area contributed by atoms with Crippen molar-refractivity contribution in [2.45, 2.75) is 65.0 Å². The number of hydrogen-bond acceptors (Lipinski definition) is 2. The van der Waals surface area contributed by atoms with Gasteiger partial charge < -0.3 is 16.0 Å². The van der Waals surface area contributed by atoms with E-state index in [-0.39, 0.29) is 5.91 Å². The summed E-state index contributed by atoms with van der Waals surface area (Å²) in [5, 5.41) is 9.77. The summed E-state index contributed by atoms with van der Waals surface area (Å²) in [6.45, 7) is 5.53. The third-order valence-corrected chi connectivity index (χ3v) is 4.15. The molecule has 0 heterocycles. The summed E-state index contributed by atoms with van der Waals surface area (Å²) in [5.41, 5.74) is 1.93. The Kier molecular flexibility index (Phi) is 7.59. The van der Waals surface area contributed by atoms with Gasteiger partial charge in [-0.2, -0.15) is 0 Å². The second-order valence-corrected chi connectivity index (χ2v) is 6.32. The normalized spacial score (nSPS) is 15.3. The second kappa shape index (κ2) is 9.96. The maximum Gasteiger partial charge on any atom is 0.224 e. The lowest BCUT2D eigenvalue weighted by atomic mass is 10.2. The Bertz CT molecular complexity index is 550. The summed E-state index contributed by atoms with van der Waals surface area (Å²) in [7, 11) is 0. The minimum absolute atomic E-state index is 0.0643. The van der Waals surface area contributed by atoms with Crippen molar-refractivity contribution in [3.8, 4) is 0 Å². The maximum atomic E-state index is 11.7. The Morgan fingerprint density at radius 3 is 2.75 bits per heavy atom. The van der Waals surface area contributed by atoms with E-state index in [1.165, 1.54) is 25.7 Å². The van der Waals surface area contributed by atoms with Gasteiger partial charge in [-0.1, -0.05) is 31.9 Å². The molecule has 1 aromatic rings. The lowest BCUT2D eigenvalue weighted by Gasteiger charge is -2.16. The highest BCUT2D eigenvalue weighted by molar-refractivity contribution is 5.90. The van der Waals surface area contributed by atoms with Crippen LogP contribution in [0.4, 0.5) is 5.69 Å². The molecule has 2 rings (SSSR count). The van der Waals surface area contributed by atoms with Gasteiger partial charge in [0.2, 0.25) is 5.91 Å². The van der Waals surface area contributed by atoms with E-state index in [1.54, 1.807) is 0 Å². The monoisotopic (exact) mass is 330 g/mol. The summed E-state index contributed by atoms with van der Waals surface area (Å²) >= 11 is 0. The number of anilines is 1. The number of carbonyl (C=O) groups excluding carboxylic acids is 1. The predicted octanol–water partition coefficient (Wildman–Crippen LogP) is 3.42. The summed E-state index contributed by atoms with van der Waals surface area (Å²) in [6, 6.07) is 8.46. The Hall–Kier alpha value is -2.04. The zero-order valence-corrected chi connectivity index (χ0v) is 14.9. The molecule has 3 N–H and O–H groups in total. The molecule has 5 nitrogen and oxygen atoms in total. The quantitative estimate of drug-likeness (QED) is 0.530. The van der Waals surface area contributed by atoms with Crippen molar-refractivity contribution in [1.29, 1.82) is 0 Å². The molecule has 1 aromatic carbocycles. The first-order valence-electron chi connectivity index (χ1n) is 9.15. The Morgan fingerprint density at radius 1 is 1.25 bits per heavy atom. The Morgan fingerprint density at radius 2 is 2.04 bits per heavy atom. The van der Waals surface area contributed by atoms with Gasteiger partial charge in [-0.15, -0.1) is 0 Å². The molecule has 0 spiro atoms. The molecule has 0 atom stereocenters. The average molecular weight is 330 g/mol.